The molecule has 168 valence electrons. The molecule has 0 unspecified atom stereocenters. The fraction of sp³-hybridized carbons (Fsp3) is 0.0909. The lowest BCUT2D eigenvalue weighted by molar-refractivity contribution is -0.388. The van der Waals surface area contributed by atoms with Crippen LogP contribution >= 0.6 is 11.8 Å². The van der Waals surface area contributed by atoms with Gasteiger partial charge >= 0.3 is 6.18 Å². The van der Waals surface area contributed by atoms with E-state index in [2.05, 4.69) is 10.2 Å². The second kappa shape index (κ2) is 9.02. The Kier molecular flexibility index (Phi) is 6.14. The van der Waals surface area contributed by atoms with Crippen molar-refractivity contribution in [2.45, 2.75) is 22.6 Å². The zero-order chi connectivity index (χ0) is 23.6. The fourth-order valence-corrected chi connectivity index (χ4v) is 4.08. The van der Waals surface area contributed by atoms with Gasteiger partial charge < -0.3 is 0 Å². The third-order valence-corrected chi connectivity index (χ3v) is 5.69. The van der Waals surface area contributed by atoms with E-state index in [4.69, 9.17) is 0 Å². The highest BCUT2D eigenvalue weighted by molar-refractivity contribution is 7.99. The highest BCUT2D eigenvalue weighted by atomic mass is 32.2. The van der Waals surface area contributed by atoms with Gasteiger partial charge in [-0.1, -0.05) is 30.3 Å². The summed E-state index contributed by atoms with van der Waals surface area (Å²) in [6.45, 7) is 0. The van der Waals surface area contributed by atoms with Crippen molar-refractivity contribution in [3.63, 3.8) is 0 Å². The number of hydrogen-bond donors (Lipinski definition) is 0. The molecule has 3 aromatic carbocycles. The summed E-state index contributed by atoms with van der Waals surface area (Å²) in [4.78, 5) is 10.6. The highest BCUT2D eigenvalue weighted by Crippen LogP contribution is 2.39. The van der Waals surface area contributed by atoms with Gasteiger partial charge in [0.2, 0.25) is 5.16 Å². The molecule has 1 heterocycles. The Balaban J connectivity index is 1.78. The van der Waals surface area contributed by atoms with Crippen LogP contribution in [0.15, 0.2) is 82.8 Å². The number of halogens is 4. The summed E-state index contributed by atoms with van der Waals surface area (Å²) in [5, 5.41) is 20.0. The fourth-order valence-electron chi connectivity index (χ4n) is 3.13. The average molecular weight is 474 g/mol. The molecule has 6 nitrogen and oxygen atoms in total. The predicted molar refractivity (Wildman–Crippen MR) is 113 cm³/mol. The molecule has 4 rings (SSSR count). The number of nitrogens with zero attached hydrogens (tertiary/aromatic N) is 4. The van der Waals surface area contributed by atoms with E-state index in [-0.39, 0.29) is 10.1 Å². The van der Waals surface area contributed by atoms with Crippen molar-refractivity contribution in [2.75, 3.05) is 0 Å². The molecule has 0 aliphatic carbocycles. The summed E-state index contributed by atoms with van der Waals surface area (Å²) in [6, 6.07) is 17.1. The molecule has 0 saturated carbocycles. The molecular formula is C22H14F4N4O2S. The number of aromatic nitrogens is 3. The van der Waals surface area contributed by atoms with Crippen molar-refractivity contribution < 1.29 is 22.5 Å². The zero-order valence-electron chi connectivity index (χ0n) is 16.7. The van der Waals surface area contributed by atoms with E-state index in [0.717, 1.165) is 29.5 Å². The number of nitro benzene ring substituents is 1. The molecule has 0 N–H and O–H groups in total. The quantitative estimate of drug-likeness (QED) is 0.193. The van der Waals surface area contributed by atoms with Gasteiger partial charge in [-0.3, -0.25) is 14.7 Å². The minimum absolute atomic E-state index is 0.0324. The van der Waals surface area contributed by atoms with Crippen molar-refractivity contribution in [1.29, 1.82) is 0 Å². The summed E-state index contributed by atoms with van der Waals surface area (Å²) >= 11 is 0.806. The van der Waals surface area contributed by atoms with Gasteiger partial charge in [0.25, 0.3) is 5.69 Å². The molecular weight excluding hydrogens is 460 g/mol. The largest absolute Gasteiger partial charge is 0.416 e. The summed E-state index contributed by atoms with van der Waals surface area (Å²) in [5.41, 5.74) is -0.397. The van der Waals surface area contributed by atoms with Gasteiger partial charge in [-0.25, -0.2) is 4.39 Å². The van der Waals surface area contributed by atoms with Crippen molar-refractivity contribution in [1.82, 2.24) is 14.8 Å². The van der Waals surface area contributed by atoms with Gasteiger partial charge in [0, 0.05) is 18.2 Å². The first-order valence-corrected chi connectivity index (χ1v) is 10.3. The molecule has 0 bridgehead atoms. The van der Waals surface area contributed by atoms with Crippen LogP contribution in [0.25, 0.3) is 5.69 Å². The Morgan fingerprint density at radius 2 is 1.67 bits per heavy atom. The molecule has 0 amide bonds. The smallest absolute Gasteiger partial charge is 0.273 e. The Morgan fingerprint density at radius 1 is 0.970 bits per heavy atom. The number of alkyl halides is 3. The lowest BCUT2D eigenvalue weighted by Gasteiger charge is -2.11. The molecule has 0 spiro atoms. The first kappa shape index (κ1) is 22.5. The average Bonchev–Trinajstić information content (AvgIpc) is 3.16. The van der Waals surface area contributed by atoms with Gasteiger partial charge in [-0.05, 0) is 53.7 Å². The Bertz CT molecular complexity index is 1290. The van der Waals surface area contributed by atoms with Gasteiger partial charge in [0.1, 0.15) is 11.6 Å². The maximum Gasteiger partial charge on any atom is 0.416 e. The molecule has 11 heteroatoms. The van der Waals surface area contributed by atoms with Crippen LogP contribution in [0.1, 0.15) is 17.0 Å². The van der Waals surface area contributed by atoms with E-state index in [0.29, 0.717) is 24.0 Å². The van der Waals surface area contributed by atoms with E-state index in [1.54, 1.807) is 4.57 Å². The molecule has 0 radical (unpaired) electrons. The SMILES string of the molecule is O=[N+]([O-])c1cc(C(F)(F)F)ccc1Sc1nnc(Cc2ccccc2)n1-c1ccc(F)cc1. The Labute approximate surface area is 189 Å². The minimum Gasteiger partial charge on any atom is -0.273 e. The molecule has 33 heavy (non-hydrogen) atoms. The van der Waals surface area contributed by atoms with Gasteiger partial charge in [0.15, 0.2) is 0 Å². The van der Waals surface area contributed by atoms with Crippen LogP contribution in [0.3, 0.4) is 0 Å². The highest BCUT2D eigenvalue weighted by Gasteiger charge is 2.33. The molecule has 0 fully saturated rings. The van der Waals surface area contributed by atoms with Crippen molar-refractivity contribution >= 4 is 17.4 Å². The monoisotopic (exact) mass is 474 g/mol. The van der Waals surface area contributed by atoms with E-state index < -0.39 is 28.2 Å². The lowest BCUT2D eigenvalue weighted by atomic mass is 10.1. The van der Waals surface area contributed by atoms with Crippen molar-refractivity contribution in [3.8, 4) is 5.69 Å². The number of nitro groups is 1. The van der Waals surface area contributed by atoms with E-state index in [1.165, 1.54) is 24.3 Å². The zero-order valence-corrected chi connectivity index (χ0v) is 17.5. The van der Waals surface area contributed by atoms with E-state index in [9.17, 15) is 27.7 Å². The third kappa shape index (κ3) is 5.03. The molecule has 1 aromatic heterocycles. The van der Waals surface area contributed by atoms with Crippen LogP contribution < -0.4 is 0 Å². The topological polar surface area (TPSA) is 73.8 Å². The van der Waals surface area contributed by atoms with Crippen LogP contribution in [-0.2, 0) is 12.6 Å². The second-order valence-corrected chi connectivity index (χ2v) is 7.92. The number of benzene rings is 3. The molecule has 0 saturated heterocycles. The Morgan fingerprint density at radius 3 is 2.30 bits per heavy atom. The first-order valence-electron chi connectivity index (χ1n) is 9.50. The molecule has 0 atom stereocenters. The maximum atomic E-state index is 13.5. The van der Waals surface area contributed by atoms with Crippen LogP contribution in [0, 0.1) is 15.9 Å². The van der Waals surface area contributed by atoms with Crippen LogP contribution in [0.4, 0.5) is 23.2 Å². The third-order valence-electron chi connectivity index (χ3n) is 4.67. The number of hydrogen-bond acceptors (Lipinski definition) is 5. The summed E-state index contributed by atoms with van der Waals surface area (Å²) in [6.07, 6.45) is -4.36. The molecule has 4 aromatic rings. The summed E-state index contributed by atoms with van der Waals surface area (Å²) in [5.74, 6) is 0.0221. The standard InChI is InChI=1S/C22H14F4N4O2S/c23-16-7-9-17(10-8-16)29-20(12-14-4-2-1-3-5-14)27-28-21(29)33-19-11-6-15(22(24,25)26)13-18(19)30(31)32/h1-11,13H,12H2. The predicted octanol–water partition coefficient (Wildman–Crippen LogP) is 6.08. The van der Waals surface area contributed by atoms with Gasteiger partial charge in [-0.2, -0.15) is 13.2 Å². The van der Waals surface area contributed by atoms with Crippen LogP contribution in [0.5, 0.6) is 0 Å². The lowest BCUT2D eigenvalue weighted by Crippen LogP contribution is -2.06. The van der Waals surface area contributed by atoms with Crippen LogP contribution in [0.2, 0.25) is 0 Å². The summed E-state index contributed by atoms with van der Waals surface area (Å²) < 4.78 is 54.2. The van der Waals surface area contributed by atoms with Gasteiger partial charge in [0.05, 0.1) is 15.4 Å². The minimum atomic E-state index is -4.72. The second-order valence-electron chi connectivity index (χ2n) is 6.91. The van der Waals surface area contributed by atoms with Gasteiger partial charge in [-0.15, -0.1) is 10.2 Å². The van der Waals surface area contributed by atoms with E-state index >= 15 is 0 Å². The Hall–Kier alpha value is -3.73. The molecule has 0 aliphatic heterocycles. The van der Waals surface area contributed by atoms with Crippen molar-refractivity contribution in [3.05, 3.63) is 106 Å². The van der Waals surface area contributed by atoms with Crippen molar-refractivity contribution in [2.24, 2.45) is 0 Å². The first-order chi connectivity index (χ1) is 15.7. The number of rotatable bonds is 6. The van der Waals surface area contributed by atoms with E-state index in [1.807, 2.05) is 30.3 Å². The maximum absolute atomic E-state index is 13.5. The normalized spacial score (nSPS) is 11.5. The summed E-state index contributed by atoms with van der Waals surface area (Å²) in [7, 11) is 0. The molecule has 0 aliphatic rings. The van der Waals surface area contributed by atoms with Crippen LogP contribution in [-0.4, -0.2) is 19.7 Å².